The molecule has 0 aliphatic heterocycles. The van der Waals surface area contributed by atoms with Crippen LogP contribution in [0.5, 0.6) is 0 Å². The van der Waals surface area contributed by atoms with E-state index in [1.54, 1.807) is 13.2 Å². The van der Waals surface area contributed by atoms with Crippen LogP contribution in [-0.2, 0) is 9.47 Å². The first-order valence-electron chi connectivity index (χ1n) is 4.99. The van der Waals surface area contributed by atoms with Crippen molar-refractivity contribution in [2.45, 2.75) is 13.3 Å². The van der Waals surface area contributed by atoms with Crippen LogP contribution in [0.1, 0.15) is 13.3 Å². The van der Waals surface area contributed by atoms with Gasteiger partial charge in [-0.25, -0.2) is 0 Å². The molecule has 0 aliphatic rings. The summed E-state index contributed by atoms with van der Waals surface area (Å²) in [5, 5.41) is 3.05. The van der Waals surface area contributed by atoms with Crippen molar-refractivity contribution in [1.29, 1.82) is 0 Å². The minimum absolute atomic E-state index is 0.552. The summed E-state index contributed by atoms with van der Waals surface area (Å²) in [4.78, 5) is 0. The second-order valence-electron chi connectivity index (χ2n) is 3.29. The SMILES string of the molecule is C=C(C)/C=C(/OC)C(=C)OCCCNC. The van der Waals surface area contributed by atoms with Crippen molar-refractivity contribution in [3.63, 3.8) is 0 Å². The van der Waals surface area contributed by atoms with Crippen LogP contribution in [0.4, 0.5) is 0 Å². The summed E-state index contributed by atoms with van der Waals surface area (Å²) in [6.45, 7) is 11.0. The summed E-state index contributed by atoms with van der Waals surface area (Å²) in [6.07, 6.45) is 2.75. The van der Waals surface area contributed by atoms with Crippen LogP contribution in [-0.4, -0.2) is 27.3 Å². The topological polar surface area (TPSA) is 30.5 Å². The predicted octanol–water partition coefficient (Wildman–Crippen LogP) is 2.23. The van der Waals surface area contributed by atoms with Crippen LogP contribution in [0, 0.1) is 0 Å². The number of allylic oxidation sites excluding steroid dienone is 2. The van der Waals surface area contributed by atoms with E-state index < -0.39 is 0 Å². The molecular weight excluding hydrogens is 190 g/mol. The van der Waals surface area contributed by atoms with Crippen molar-refractivity contribution in [2.75, 3.05) is 27.3 Å². The van der Waals surface area contributed by atoms with Crippen molar-refractivity contribution in [1.82, 2.24) is 5.32 Å². The summed E-state index contributed by atoms with van der Waals surface area (Å²) in [6, 6.07) is 0. The Kier molecular flexibility index (Phi) is 7.46. The zero-order chi connectivity index (χ0) is 11.7. The lowest BCUT2D eigenvalue weighted by Gasteiger charge is -2.11. The van der Waals surface area contributed by atoms with Gasteiger partial charge in [0.25, 0.3) is 0 Å². The molecule has 1 N–H and O–H groups in total. The van der Waals surface area contributed by atoms with Gasteiger partial charge in [0.05, 0.1) is 13.7 Å². The number of methoxy groups -OCH3 is 1. The maximum absolute atomic E-state index is 5.43. The second kappa shape index (κ2) is 8.12. The van der Waals surface area contributed by atoms with Crippen LogP contribution >= 0.6 is 0 Å². The fraction of sp³-hybridized carbons (Fsp3) is 0.500. The molecule has 0 unspecified atom stereocenters. The molecule has 0 aromatic rings. The van der Waals surface area contributed by atoms with E-state index in [0.29, 0.717) is 18.1 Å². The molecule has 0 saturated heterocycles. The van der Waals surface area contributed by atoms with Crippen LogP contribution in [0.25, 0.3) is 0 Å². The minimum Gasteiger partial charge on any atom is -0.493 e. The van der Waals surface area contributed by atoms with Gasteiger partial charge in [-0.1, -0.05) is 18.7 Å². The Hall–Kier alpha value is -1.22. The lowest BCUT2D eigenvalue weighted by atomic mass is 10.3. The number of hydrogen-bond donors (Lipinski definition) is 1. The molecule has 0 saturated carbocycles. The third-order valence-corrected chi connectivity index (χ3v) is 1.72. The summed E-state index contributed by atoms with van der Waals surface area (Å²) < 4.78 is 10.6. The highest BCUT2D eigenvalue weighted by atomic mass is 16.5. The molecule has 0 aromatic heterocycles. The Balaban J connectivity index is 4.00. The third kappa shape index (κ3) is 6.80. The largest absolute Gasteiger partial charge is 0.493 e. The van der Waals surface area contributed by atoms with Gasteiger partial charge in [0, 0.05) is 0 Å². The Morgan fingerprint density at radius 3 is 2.53 bits per heavy atom. The van der Waals surface area contributed by atoms with Gasteiger partial charge in [0.15, 0.2) is 11.5 Å². The van der Waals surface area contributed by atoms with E-state index in [1.165, 1.54) is 0 Å². The van der Waals surface area contributed by atoms with Crippen molar-refractivity contribution < 1.29 is 9.47 Å². The Morgan fingerprint density at radius 1 is 1.40 bits per heavy atom. The zero-order valence-electron chi connectivity index (χ0n) is 9.93. The minimum atomic E-state index is 0.552. The highest BCUT2D eigenvalue weighted by Gasteiger charge is 2.03. The molecular formula is C12H21NO2. The average Bonchev–Trinajstić information content (AvgIpc) is 2.20. The molecule has 0 atom stereocenters. The number of ether oxygens (including phenoxy) is 2. The lowest BCUT2D eigenvalue weighted by Crippen LogP contribution is -2.10. The lowest BCUT2D eigenvalue weighted by molar-refractivity contribution is 0.175. The summed E-state index contributed by atoms with van der Waals surface area (Å²) >= 11 is 0. The van der Waals surface area contributed by atoms with Gasteiger partial charge in [-0.3, -0.25) is 0 Å². The normalized spacial score (nSPS) is 11.0. The van der Waals surface area contributed by atoms with Crippen LogP contribution in [0.3, 0.4) is 0 Å². The molecule has 0 aliphatic carbocycles. The number of hydrogen-bond acceptors (Lipinski definition) is 3. The van der Waals surface area contributed by atoms with Gasteiger partial charge in [-0.15, -0.1) is 0 Å². The second-order valence-corrected chi connectivity index (χ2v) is 3.29. The van der Waals surface area contributed by atoms with E-state index >= 15 is 0 Å². The Bertz CT molecular complexity index is 244. The number of nitrogens with one attached hydrogen (secondary N) is 1. The molecule has 3 nitrogen and oxygen atoms in total. The van der Waals surface area contributed by atoms with Gasteiger partial charge in [-0.2, -0.15) is 0 Å². The fourth-order valence-corrected chi connectivity index (χ4v) is 0.992. The van der Waals surface area contributed by atoms with E-state index in [0.717, 1.165) is 18.5 Å². The van der Waals surface area contributed by atoms with Gasteiger partial charge in [0.2, 0.25) is 0 Å². The van der Waals surface area contributed by atoms with Crippen molar-refractivity contribution >= 4 is 0 Å². The molecule has 0 heterocycles. The van der Waals surface area contributed by atoms with Crippen LogP contribution in [0.15, 0.2) is 36.3 Å². The van der Waals surface area contributed by atoms with Crippen LogP contribution in [0.2, 0.25) is 0 Å². The maximum atomic E-state index is 5.43. The molecule has 86 valence electrons. The van der Waals surface area contributed by atoms with Crippen LogP contribution < -0.4 is 5.32 Å². The van der Waals surface area contributed by atoms with Gasteiger partial charge in [-0.05, 0) is 33.0 Å². The predicted molar refractivity (Wildman–Crippen MR) is 63.5 cm³/mol. The molecule has 0 bridgehead atoms. The molecule has 15 heavy (non-hydrogen) atoms. The molecule has 0 amide bonds. The molecule has 0 rings (SSSR count). The average molecular weight is 211 g/mol. The fourth-order valence-electron chi connectivity index (χ4n) is 0.992. The van der Waals surface area contributed by atoms with E-state index in [2.05, 4.69) is 18.5 Å². The van der Waals surface area contributed by atoms with Crippen molar-refractivity contribution in [3.05, 3.63) is 36.3 Å². The molecule has 0 radical (unpaired) electrons. The zero-order valence-corrected chi connectivity index (χ0v) is 9.93. The first-order valence-corrected chi connectivity index (χ1v) is 4.99. The summed E-state index contributed by atoms with van der Waals surface area (Å²) in [7, 11) is 3.51. The molecule has 0 aromatic carbocycles. The molecule has 3 heteroatoms. The smallest absolute Gasteiger partial charge is 0.160 e. The summed E-state index contributed by atoms with van der Waals surface area (Å²) in [5.74, 6) is 1.18. The quantitative estimate of drug-likeness (QED) is 0.379. The van der Waals surface area contributed by atoms with Crippen molar-refractivity contribution in [3.8, 4) is 0 Å². The standard InChI is InChI=1S/C12H21NO2/c1-10(2)9-12(14-5)11(3)15-8-6-7-13-4/h9,13H,1,3,6-8H2,2,4-5H3/b12-9+. The Labute approximate surface area is 92.5 Å². The number of rotatable bonds is 8. The molecule has 0 spiro atoms. The maximum Gasteiger partial charge on any atom is 0.160 e. The highest BCUT2D eigenvalue weighted by molar-refractivity contribution is 5.25. The first kappa shape index (κ1) is 13.8. The van der Waals surface area contributed by atoms with E-state index in [1.807, 2.05) is 14.0 Å². The van der Waals surface area contributed by atoms with E-state index in [-0.39, 0.29) is 0 Å². The van der Waals surface area contributed by atoms with Gasteiger partial charge < -0.3 is 14.8 Å². The van der Waals surface area contributed by atoms with Crippen molar-refractivity contribution in [2.24, 2.45) is 0 Å². The highest BCUT2D eigenvalue weighted by Crippen LogP contribution is 2.12. The first-order chi connectivity index (χ1) is 7.11. The Morgan fingerprint density at radius 2 is 2.07 bits per heavy atom. The summed E-state index contributed by atoms with van der Waals surface area (Å²) in [5.41, 5.74) is 0.909. The van der Waals surface area contributed by atoms with E-state index in [9.17, 15) is 0 Å². The van der Waals surface area contributed by atoms with Gasteiger partial charge in [0.1, 0.15) is 0 Å². The third-order valence-electron chi connectivity index (χ3n) is 1.72. The van der Waals surface area contributed by atoms with E-state index in [4.69, 9.17) is 9.47 Å². The van der Waals surface area contributed by atoms with Gasteiger partial charge >= 0.3 is 0 Å². The molecule has 0 fully saturated rings. The monoisotopic (exact) mass is 211 g/mol.